The molecule has 0 amide bonds. The summed E-state index contributed by atoms with van der Waals surface area (Å²) in [7, 11) is 5.09. The molecule has 1 saturated carbocycles. The summed E-state index contributed by atoms with van der Waals surface area (Å²) in [4.78, 5) is 30.0. The third-order valence-electron chi connectivity index (χ3n) is 5.71. The SMILES string of the molecule is COc1c(OC(=CN)c2cnccn2)cnc2nc(Nc3cc(C4CC4)cn(C)c3=O)n(C)c12. The van der Waals surface area contributed by atoms with E-state index < -0.39 is 0 Å². The molecule has 4 aromatic rings. The van der Waals surface area contributed by atoms with Crippen molar-refractivity contribution in [1.82, 2.24) is 29.1 Å². The van der Waals surface area contributed by atoms with Gasteiger partial charge in [0.05, 0.1) is 19.5 Å². The minimum absolute atomic E-state index is 0.137. The summed E-state index contributed by atoms with van der Waals surface area (Å²) in [5, 5.41) is 3.17. The quantitative estimate of drug-likeness (QED) is 0.399. The lowest BCUT2D eigenvalue weighted by atomic mass is 10.2. The highest BCUT2D eigenvalue weighted by molar-refractivity contribution is 5.85. The van der Waals surface area contributed by atoms with Gasteiger partial charge in [-0.1, -0.05) is 0 Å². The number of methoxy groups -OCH3 is 1. The third kappa shape index (κ3) is 3.81. The van der Waals surface area contributed by atoms with Crippen molar-refractivity contribution in [2.24, 2.45) is 19.8 Å². The number of nitrogens with two attached hydrogens (primary N) is 1. The Morgan fingerprint density at radius 3 is 2.74 bits per heavy atom. The molecule has 0 radical (unpaired) electrons. The topological polar surface area (TPSA) is 135 Å². The van der Waals surface area contributed by atoms with Crippen LogP contribution in [0.3, 0.4) is 0 Å². The van der Waals surface area contributed by atoms with Crippen LogP contribution >= 0.6 is 0 Å². The monoisotopic (exact) mass is 460 g/mol. The second kappa shape index (κ2) is 8.50. The van der Waals surface area contributed by atoms with Crippen molar-refractivity contribution < 1.29 is 9.47 Å². The van der Waals surface area contributed by atoms with Gasteiger partial charge < -0.3 is 29.7 Å². The van der Waals surface area contributed by atoms with E-state index in [9.17, 15) is 4.79 Å². The van der Waals surface area contributed by atoms with E-state index in [-0.39, 0.29) is 5.56 Å². The molecule has 34 heavy (non-hydrogen) atoms. The van der Waals surface area contributed by atoms with Gasteiger partial charge in [0.15, 0.2) is 22.9 Å². The number of hydrogen-bond acceptors (Lipinski definition) is 9. The van der Waals surface area contributed by atoms with Crippen LogP contribution < -0.4 is 26.1 Å². The number of hydrogen-bond donors (Lipinski definition) is 2. The van der Waals surface area contributed by atoms with Gasteiger partial charge in [-0.3, -0.25) is 9.78 Å². The van der Waals surface area contributed by atoms with Crippen LogP contribution in [0.1, 0.15) is 30.0 Å². The van der Waals surface area contributed by atoms with Crippen molar-refractivity contribution in [3.8, 4) is 11.5 Å². The minimum Gasteiger partial charge on any atom is -0.491 e. The molecule has 0 saturated heterocycles. The average molecular weight is 460 g/mol. The van der Waals surface area contributed by atoms with Gasteiger partial charge in [0, 0.05) is 38.9 Å². The van der Waals surface area contributed by atoms with Gasteiger partial charge >= 0.3 is 0 Å². The van der Waals surface area contributed by atoms with Gasteiger partial charge in [-0.25, -0.2) is 9.97 Å². The van der Waals surface area contributed by atoms with E-state index in [2.05, 4.69) is 25.3 Å². The van der Waals surface area contributed by atoms with Gasteiger partial charge in [0.1, 0.15) is 16.9 Å². The van der Waals surface area contributed by atoms with E-state index in [0.29, 0.717) is 51.7 Å². The van der Waals surface area contributed by atoms with Crippen LogP contribution in [0.4, 0.5) is 11.6 Å². The predicted molar refractivity (Wildman–Crippen MR) is 127 cm³/mol. The van der Waals surface area contributed by atoms with Crippen molar-refractivity contribution in [3.63, 3.8) is 0 Å². The number of aryl methyl sites for hydroxylation is 2. The van der Waals surface area contributed by atoms with E-state index >= 15 is 0 Å². The molecule has 3 N–H and O–H groups in total. The Morgan fingerprint density at radius 2 is 2.06 bits per heavy atom. The number of pyridine rings is 2. The number of nitrogens with zero attached hydrogens (tertiary/aromatic N) is 6. The Balaban J connectivity index is 1.53. The highest BCUT2D eigenvalue weighted by atomic mass is 16.5. The first kappa shape index (κ1) is 21.4. The number of anilines is 2. The lowest BCUT2D eigenvalue weighted by Crippen LogP contribution is -2.20. The second-order valence-corrected chi connectivity index (χ2v) is 8.05. The highest BCUT2D eigenvalue weighted by Gasteiger charge is 2.25. The Labute approximate surface area is 194 Å². The lowest BCUT2D eigenvalue weighted by molar-refractivity contribution is 0.387. The lowest BCUT2D eigenvalue weighted by Gasteiger charge is -2.13. The molecule has 174 valence electrons. The van der Waals surface area contributed by atoms with Crippen LogP contribution in [0.25, 0.3) is 16.9 Å². The summed E-state index contributed by atoms with van der Waals surface area (Å²) in [5.74, 6) is 2.00. The molecule has 0 unspecified atom stereocenters. The fourth-order valence-electron chi connectivity index (χ4n) is 3.81. The maximum Gasteiger partial charge on any atom is 0.274 e. The van der Waals surface area contributed by atoms with Crippen molar-refractivity contribution in [3.05, 3.63) is 64.9 Å². The van der Waals surface area contributed by atoms with Crippen molar-refractivity contribution in [1.29, 1.82) is 0 Å². The van der Waals surface area contributed by atoms with Gasteiger partial charge in [0.25, 0.3) is 5.56 Å². The molecule has 11 heteroatoms. The normalized spacial score (nSPS) is 13.8. The van der Waals surface area contributed by atoms with Gasteiger partial charge in [0.2, 0.25) is 5.95 Å². The first-order valence-corrected chi connectivity index (χ1v) is 10.7. The van der Waals surface area contributed by atoms with Crippen LogP contribution in [-0.4, -0.2) is 36.2 Å². The first-order chi connectivity index (χ1) is 16.5. The summed E-state index contributed by atoms with van der Waals surface area (Å²) in [6.45, 7) is 0. The van der Waals surface area contributed by atoms with Gasteiger partial charge in [-0.05, 0) is 30.4 Å². The molecule has 0 bridgehead atoms. The Hall–Kier alpha value is -4.41. The fourth-order valence-corrected chi connectivity index (χ4v) is 3.81. The fraction of sp³-hybridized carbons (Fsp3) is 0.261. The van der Waals surface area contributed by atoms with Gasteiger partial charge in [-0.15, -0.1) is 0 Å². The zero-order valence-electron chi connectivity index (χ0n) is 19.0. The molecule has 4 heterocycles. The Kier molecular flexibility index (Phi) is 5.36. The van der Waals surface area contributed by atoms with E-state index in [1.54, 1.807) is 34.8 Å². The highest BCUT2D eigenvalue weighted by Crippen LogP contribution is 2.41. The Morgan fingerprint density at radius 1 is 1.24 bits per heavy atom. The molecule has 4 aromatic heterocycles. The average Bonchev–Trinajstić information content (AvgIpc) is 3.66. The minimum atomic E-state index is -0.137. The standard InChI is InChI=1S/C23H24N8O3/c1-30-12-14(13-4-5-13)8-15(22(30)32)28-23-29-21-19(31(23)2)20(33-3)18(11-27-21)34-17(9-24)16-10-25-6-7-26-16/h6-13H,4-5,24H2,1-3H3,(H,27,28,29). The van der Waals surface area contributed by atoms with Crippen LogP contribution in [0.2, 0.25) is 0 Å². The second-order valence-electron chi connectivity index (χ2n) is 8.05. The molecule has 1 aliphatic rings. The molecule has 0 aromatic carbocycles. The summed E-state index contributed by atoms with van der Waals surface area (Å²) in [5.41, 5.74) is 8.71. The zero-order chi connectivity index (χ0) is 23.8. The van der Waals surface area contributed by atoms with Crippen molar-refractivity contribution in [2.45, 2.75) is 18.8 Å². The summed E-state index contributed by atoms with van der Waals surface area (Å²) < 4.78 is 15.0. The molecule has 1 fully saturated rings. The summed E-state index contributed by atoms with van der Waals surface area (Å²) in [6, 6.07) is 1.90. The number of rotatable bonds is 7. The summed E-state index contributed by atoms with van der Waals surface area (Å²) in [6.07, 6.45) is 11.6. The van der Waals surface area contributed by atoms with E-state index in [1.807, 2.05) is 19.3 Å². The van der Waals surface area contributed by atoms with Crippen LogP contribution in [0.5, 0.6) is 11.5 Å². The van der Waals surface area contributed by atoms with E-state index in [1.165, 1.54) is 19.5 Å². The van der Waals surface area contributed by atoms with Crippen molar-refractivity contribution in [2.75, 3.05) is 12.4 Å². The van der Waals surface area contributed by atoms with Crippen LogP contribution in [0, 0.1) is 0 Å². The number of fused-ring (bicyclic) bond motifs is 1. The third-order valence-corrected chi connectivity index (χ3v) is 5.71. The maximum absolute atomic E-state index is 12.7. The molecule has 0 spiro atoms. The largest absolute Gasteiger partial charge is 0.491 e. The molecule has 5 rings (SSSR count). The molecular formula is C23H24N8O3. The smallest absolute Gasteiger partial charge is 0.274 e. The Bertz CT molecular complexity index is 1450. The predicted octanol–water partition coefficient (Wildman–Crippen LogP) is 2.42. The van der Waals surface area contributed by atoms with Crippen LogP contribution in [0.15, 0.2) is 48.0 Å². The first-order valence-electron chi connectivity index (χ1n) is 10.7. The molecular weight excluding hydrogens is 436 g/mol. The zero-order valence-corrected chi connectivity index (χ0v) is 19.0. The van der Waals surface area contributed by atoms with Crippen molar-refractivity contribution >= 4 is 28.6 Å². The van der Waals surface area contributed by atoms with E-state index in [0.717, 1.165) is 18.4 Å². The number of ether oxygens (including phenoxy) is 2. The molecule has 1 aliphatic carbocycles. The number of imidazole rings is 1. The van der Waals surface area contributed by atoms with Gasteiger partial charge in [-0.2, -0.15) is 4.98 Å². The maximum atomic E-state index is 12.7. The number of nitrogens with one attached hydrogen (secondary N) is 1. The summed E-state index contributed by atoms with van der Waals surface area (Å²) >= 11 is 0. The molecule has 0 aliphatic heterocycles. The van der Waals surface area contributed by atoms with E-state index in [4.69, 9.17) is 15.2 Å². The number of aromatic nitrogens is 6. The molecule has 0 atom stereocenters. The van der Waals surface area contributed by atoms with Crippen LogP contribution in [-0.2, 0) is 14.1 Å². The molecule has 11 nitrogen and oxygen atoms in total.